The lowest BCUT2D eigenvalue weighted by molar-refractivity contribution is -0.138. The van der Waals surface area contributed by atoms with Crippen molar-refractivity contribution in [2.24, 2.45) is 0 Å². The molecule has 2 N–H and O–H groups in total. The van der Waals surface area contributed by atoms with Gasteiger partial charge in [-0.05, 0) is 12.1 Å². The number of carboxylic acid groups (broad SMARTS) is 2. The first-order valence-corrected chi connectivity index (χ1v) is 7.08. The van der Waals surface area contributed by atoms with E-state index in [2.05, 4.69) is 0 Å². The van der Waals surface area contributed by atoms with Crippen LogP contribution in [-0.2, 0) is 22.7 Å². The summed E-state index contributed by atoms with van der Waals surface area (Å²) in [5.41, 5.74) is 0.221. The number of aromatic nitrogens is 2. The quantitative estimate of drug-likeness (QED) is 0.833. The van der Waals surface area contributed by atoms with E-state index in [1.54, 1.807) is 0 Å². The molecule has 2 rings (SSSR count). The summed E-state index contributed by atoms with van der Waals surface area (Å²) in [5, 5.41) is 18.1. The van der Waals surface area contributed by atoms with Crippen molar-refractivity contribution in [2.45, 2.75) is 25.9 Å². The van der Waals surface area contributed by atoms with Crippen LogP contribution in [0, 0.1) is 0 Å². The first kappa shape index (κ1) is 16.4. The third-order valence-corrected chi connectivity index (χ3v) is 3.64. The van der Waals surface area contributed by atoms with Gasteiger partial charge >= 0.3 is 17.6 Å². The van der Waals surface area contributed by atoms with E-state index >= 15 is 0 Å². The fourth-order valence-electron chi connectivity index (χ4n) is 2.21. The van der Waals surface area contributed by atoms with Crippen LogP contribution in [0.15, 0.2) is 16.9 Å². The Hall–Kier alpha value is -1.99. The average molecular weight is 347 g/mol. The maximum absolute atomic E-state index is 12.4. The van der Waals surface area contributed by atoms with Gasteiger partial charge in [-0.3, -0.25) is 18.7 Å². The fraction of sp³-hybridized carbons (Fsp3) is 0.308. The second-order valence-corrected chi connectivity index (χ2v) is 5.47. The minimum absolute atomic E-state index is 0.0542. The lowest BCUT2D eigenvalue weighted by Crippen LogP contribution is -2.26. The Bertz CT molecular complexity index is 809. The van der Waals surface area contributed by atoms with Crippen molar-refractivity contribution in [2.75, 3.05) is 0 Å². The number of rotatable bonds is 6. The van der Waals surface area contributed by atoms with E-state index in [9.17, 15) is 14.4 Å². The molecule has 0 saturated carbocycles. The molecule has 0 aliphatic rings. The Morgan fingerprint density at radius 1 is 1.00 bits per heavy atom. The van der Waals surface area contributed by atoms with Crippen molar-refractivity contribution >= 4 is 46.2 Å². The van der Waals surface area contributed by atoms with E-state index < -0.39 is 17.6 Å². The minimum Gasteiger partial charge on any atom is -0.481 e. The Kier molecular flexibility index (Phi) is 4.77. The van der Waals surface area contributed by atoms with E-state index in [1.807, 2.05) is 0 Å². The van der Waals surface area contributed by atoms with Gasteiger partial charge in [-0.15, -0.1) is 0 Å². The summed E-state index contributed by atoms with van der Waals surface area (Å²) in [6.07, 6.45) is -0.501. The molecule has 7 nitrogen and oxygen atoms in total. The third-order valence-electron chi connectivity index (χ3n) is 3.13. The molecule has 1 heterocycles. The van der Waals surface area contributed by atoms with E-state index in [0.717, 1.165) is 0 Å². The number of carbonyl (C=O) groups is 2. The first-order chi connectivity index (χ1) is 10.3. The van der Waals surface area contributed by atoms with Crippen molar-refractivity contribution in [3.8, 4) is 0 Å². The summed E-state index contributed by atoms with van der Waals surface area (Å²) in [6.45, 7) is -0.118. The number of benzene rings is 1. The van der Waals surface area contributed by atoms with Gasteiger partial charge in [0.05, 0.1) is 28.9 Å². The molecule has 0 bridgehead atoms. The van der Waals surface area contributed by atoms with E-state index in [4.69, 9.17) is 33.4 Å². The minimum atomic E-state index is -1.05. The fourth-order valence-corrected chi connectivity index (χ4v) is 2.79. The highest BCUT2D eigenvalue weighted by Gasteiger charge is 2.18. The highest BCUT2D eigenvalue weighted by molar-refractivity contribution is 6.38. The lowest BCUT2D eigenvalue weighted by atomic mass is 10.3. The summed E-state index contributed by atoms with van der Waals surface area (Å²) in [4.78, 5) is 33.9. The zero-order valence-corrected chi connectivity index (χ0v) is 12.8. The Morgan fingerprint density at radius 3 is 2.09 bits per heavy atom. The summed E-state index contributed by atoms with van der Waals surface area (Å²) in [7, 11) is 0. The molecular weight excluding hydrogens is 335 g/mol. The SMILES string of the molecule is O=C(O)CCn1c(=O)n(CCC(=O)O)c2c(Cl)cc(Cl)cc21. The van der Waals surface area contributed by atoms with Crippen molar-refractivity contribution in [1.82, 2.24) is 9.13 Å². The maximum atomic E-state index is 12.4. The third kappa shape index (κ3) is 3.26. The number of carboxylic acids is 2. The van der Waals surface area contributed by atoms with E-state index in [1.165, 1.54) is 21.3 Å². The molecule has 22 heavy (non-hydrogen) atoms. The van der Waals surface area contributed by atoms with Crippen LogP contribution in [0.25, 0.3) is 11.0 Å². The molecule has 0 spiro atoms. The highest BCUT2D eigenvalue weighted by atomic mass is 35.5. The maximum Gasteiger partial charge on any atom is 0.329 e. The van der Waals surface area contributed by atoms with Crippen LogP contribution in [0.2, 0.25) is 10.0 Å². The molecule has 0 amide bonds. The molecule has 2 aromatic rings. The molecule has 0 saturated heterocycles. The van der Waals surface area contributed by atoms with Gasteiger partial charge in [0.15, 0.2) is 0 Å². The number of imidazole rings is 1. The molecule has 118 valence electrons. The predicted octanol–water partition coefficient (Wildman–Crippen LogP) is 2.06. The van der Waals surface area contributed by atoms with Gasteiger partial charge in [-0.1, -0.05) is 23.2 Å². The zero-order chi connectivity index (χ0) is 16.4. The molecule has 0 unspecified atom stereocenters. The Morgan fingerprint density at radius 2 is 1.55 bits per heavy atom. The number of aryl methyl sites for hydroxylation is 2. The normalized spacial score (nSPS) is 11.0. The van der Waals surface area contributed by atoms with Gasteiger partial charge in [0, 0.05) is 18.1 Å². The molecule has 9 heteroatoms. The van der Waals surface area contributed by atoms with E-state index in [0.29, 0.717) is 16.1 Å². The van der Waals surface area contributed by atoms with Crippen LogP contribution < -0.4 is 5.69 Å². The largest absolute Gasteiger partial charge is 0.481 e. The summed E-state index contributed by atoms with van der Waals surface area (Å²) in [6, 6.07) is 2.95. The summed E-state index contributed by atoms with van der Waals surface area (Å²) >= 11 is 12.0. The van der Waals surface area contributed by atoms with Crippen LogP contribution in [-0.4, -0.2) is 31.3 Å². The van der Waals surface area contributed by atoms with Crippen LogP contribution in [0.3, 0.4) is 0 Å². The van der Waals surface area contributed by atoms with Crippen molar-refractivity contribution in [3.63, 3.8) is 0 Å². The molecule has 0 fully saturated rings. The Balaban J connectivity index is 2.62. The molecule has 1 aromatic heterocycles. The van der Waals surface area contributed by atoms with Crippen molar-refractivity contribution in [3.05, 3.63) is 32.7 Å². The van der Waals surface area contributed by atoms with Gasteiger partial charge in [-0.25, -0.2) is 4.79 Å². The van der Waals surface area contributed by atoms with Crippen LogP contribution in [0.4, 0.5) is 0 Å². The Labute approximate surface area is 134 Å². The second kappa shape index (κ2) is 6.41. The van der Waals surface area contributed by atoms with Crippen LogP contribution in [0.5, 0.6) is 0 Å². The molecule has 0 aliphatic heterocycles. The molecular formula is C13H12Cl2N2O5. The van der Waals surface area contributed by atoms with Crippen LogP contribution in [0.1, 0.15) is 12.8 Å². The van der Waals surface area contributed by atoms with Gasteiger partial charge in [-0.2, -0.15) is 0 Å². The van der Waals surface area contributed by atoms with Crippen LogP contribution >= 0.6 is 23.2 Å². The number of fused-ring (bicyclic) bond motifs is 1. The first-order valence-electron chi connectivity index (χ1n) is 6.33. The zero-order valence-electron chi connectivity index (χ0n) is 11.3. The van der Waals surface area contributed by atoms with Gasteiger partial charge < -0.3 is 10.2 Å². The van der Waals surface area contributed by atoms with Gasteiger partial charge in [0.25, 0.3) is 0 Å². The van der Waals surface area contributed by atoms with E-state index in [-0.39, 0.29) is 31.0 Å². The predicted molar refractivity (Wildman–Crippen MR) is 80.7 cm³/mol. The summed E-state index contributed by atoms with van der Waals surface area (Å²) < 4.78 is 2.47. The second-order valence-electron chi connectivity index (χ2n) is 4.63. The molecule has 0 radical (unpaired) electrons. The monoisotopic (exact) mass is 346 g/mol. The summed E-state index contributed by atoms with van der Waals surface area (Å²) in [5.74, 6) is -2.10. The average Bonchev–Trinajstić information content (AvgIpc) is 2.66. The standard InChI is InChI=1S/C13H12Cl2N2O5/c14-7-5-8(15)12-9(6-7)16(3-1-10(18)19)13(22)17(12)4-2-11(20)21/h5-6H,1-4H2,(H,18,19)(H,20,21). The number of aliphatic carboxylic acids is 2. The number of hydrogen-bond donors (Lipinski definition) is 2. The molecule has 1 aromatic carbocycles. The van der Waals surface area contributed by atoms with Crippen molar-refractivity contribution in [1.29, 1.82) is 0 Å². The number of halogens is 2. The smallest absolute Gasteiger partial charge is 0.329 e. The van der Waals surface area contributed by atoms with Crippen molar-refractivity contribution < 1.29 is 19.8 Å². The molecule has 0 aliphatic carbocycles. The topological polar surface area (TPSA) is 102 Å². The van der Waals surface area contributed by atoms with Gasteiger partial charge in [0.2, 0.25) is 0 Å². The lowest BCUT2D eigenvalue weighted by Gasteiger charge is -2.03. The molecule has 0 atom stereocenters. The highest BCUT2D eigenvalue weighted by Crippen LogP contribution is 2.27. The number of hydrogen-bond acceptors (Lipinski definition) is 3. The number of nitrogens with zero attached hydrogens (tertiary/aromatic N) is 2. The van der Waals surface area contributed by atoms with Gasteiger partial charge in [0.1, 0.15) is 0 Å².